The lowest BCUT2D eigenvalue weighted by Gasteiger charge is -2.43. The molecule has 1 fully saturated rings. The minimum Gasteiger partial charge on any atom is -0.384 e. The van der Waals surface area contributed by atoms with Crippen LogP contribution >= 0.6 is 0 Å². The molecule has 3 aromatic rings. The number of pyridine rings is 2. The Morgan fingerprint density at radius 3 is 2.41 bits per heavy atom. The fourth-order valence-electron chi connectivity index (χ4n) is 3.38. The van der Waals surface area contributed by atoms with Gasteiger partial charge in [-0.15, -0.1) is 0 Å². The largest absolute Gasteiger partial charge is 0.384 e. The molecule has 27 heavy (non-hydrogen) atoms. The highest BCUT2D eigenvalue weighted by Gasteiger charge is 2.48. The fraction of sp³-hybridized carbons (Fsp3) is 0.263. The highest BCUT2D eigenvalue weighted by Crippen LogP contribution is 2.45. The third-order valence-corrected chi connectivity index (χ3v) is 4.84. The molecule has 3 heterocycles. The minimum absolute atomic E-state index is 0.225. The number of anilines is 2. The van der Waals surface area contributed by atoms with E-state index in [1.54, 1.807) is 24.7 Å². The summed E-state index contributed by atoms with van der Waals surface area (Å²) in [6, 6.07) is 6.42. The van der Waals surface area contributed by atoms with E-state index in [1.807, 2.05) is 6.07 Å². The van der Waals surface area contributed by atoms with Crippen LogP contribution in [0, 0.1) is 5.82 Å². The number of nitrogens with zero attached hydrogens (tertiary/aromatic N) is 4. The lowest BCUT2D eigenvalue weighted by Crippen LogP contribution is -2.49. The van der Waals surface area contributed by atoms with E-state index in [0.717, 1.165) is 11.1 Å². The first-order valence-electron chi connectivity index (χ1n) is 8.59. The van der Waals surface area contributed by atoms with Gasteiger partial charge in [0.15, 0.2) is 0 Å². The average molecular weight is 368 g/mol. The van der Waals surface area contributed by atoms with Gasteiger partial charge in [0.25, 0.3) is 0 Å². The van der Waals surface area contributed by atoms with Gasteiger partial charge in [-0.25, -0.2) is 23.7 Å². The Labute approximate surface area is 154 Å². The number of nitrogens with one attached hydrogen (secondary N) is 1. The van der Waals surface area contributed by atoms with Crippen LogP contribution < -0.4 is 11.1 Å². The topological polar surface area (TPSA) is 89.6 Å². The molecular weight excluding hydrogens is 350 g/mol. The first-order valence-corrected chi connectivity index (χ1v) is 8.59. The summed E-state index contributed by atoms with van der Waals surface area (Å²) in [5, 5.41) is 3.09. The Hall–Kier alpha value is -3.16. The predicted molar refractivity (Wildman–Crippen MR) is 98.2 cm³/mol. The molecule has 0 aliphatic heterocycles. The zero-order valence-corrected chi connectivity index (χ0v) is 14.4. The zero-order chi connectivity index (χ0) is 18.9. The molecule has 0 radical (unpaired) electrons. The molecule has 0 unspecified atom stereocenters. The molecule has 0 amide bonds. The monoisotopic (exact) mass is 368 g/mol. The lowest BCUT2D eigenvalue weighted by atomic mass is 9.65. The summed E-state index contributed by atoms with van der Waals surface area (Å²) in [4.78, 5) is 16.8. The van der Waals surface area contributed by atoms with E-state index in [0.29, 0.717) is 18.3 Å². The van der Waals surface area contributed by atoms with Gasteiger partial charge in [0.05, 0.1) is 5.69 Å². The number of alkyl halides is 1. The second kappa shape index (κ2) is 6.86. The van der Waals surface area contributed by atoms with Crippen LogP contribution in [0.4, 0.5) is 20.5 Å². The van der Waals surface area contributed by atoms with Gasteiger partial charge in [-0.2, -0.15) is 0 Å². The maximum Gasteiger partial charge on any atom is 0.222 e. The summed E-state index contributed by atoms with van der Waals surface area (Å²) in [5.74, 6) is 0.412. The third-order valence-electron chi connectivity index (χ3n) is 4.84. The van der Waals surface area contributed by atoms with Crippen LogP contribution in [-0.2, 0) is 5.41 Å². The van der Waals surface area contributed by atoms with Crippen LogP contribution in [0.5, 0.6) is 0 Å². The highest BCUT2D eigenvalue weighted by molar-refractivity contribution is 5.62. The van der Waals surface area contributed by atoms with E-state index in [4.69, 9.17) is 5.73 Å². The first kappa shape index (κ1) is 17.3. The quantitative estimate of drug-likeness (QED) is 0.719. The standard InChI is InChI=1S/C19H18F2N6/c20-14-6-19(7-14,17-15(21)2-1-5-23-17)11-27-18-25-9-13(10-26-18)12-3-4-16(22)24-8-12/h1-5,8-10,14H,6-7,11H2,(H2,22,24)(H,25,26,27). The highest BCUT2D eigenvalue weighted by atomic mass is 19.1. The molecule has 0 spiro atoms. The molecule has 1 aliphatic rings. The van der Waals surface area contributed by atoms with Gasteiger partial charge in [0.2, 0.25) is 5.95 Å². The Morgan fingerprint density at radius 2 is 1.78 bits per heavy atom. The number of rotatable bonds is 5. The average Bonchev–Trinajstić information content (AvgIpc) is 2.66. The van der Waals surface area contributed by atoms with Gasteiger partial charge < -0.3 is 11.1 Å². The van der Waals surface area contributed by atoms with E-state index >= 15 is 0 Å². The van der Waals surface area contributed by atoms with Crippen molar-refractivity contribution in [1.82, 2.24) is 19.9 Å². The van der Waals surface area contributed by atoms with E-state index in [-0.39, 0.29) is 18.5 Å². The lowest BCUT2D eigenvalue weighted by molar-refractivity contribution is 0.0963. The van der Waals surface area contributed by atoms with Crippen molar-refractivity contribution in [3.63, 3.8) is 0 Å². The van der Waals surface area contributed by atoms with Crippen LogP contribution in [-0.4, -0.2) is 32.7 Å². The molecule has 8 heteroatoms. The molecule has 1 aliphatic carbocycles. The van der Waals surface area contributed by atoms with Gasteiger partial charge in [0.1, 0.15) is 17.8 Å². The number of nitrogens with two attached hydrogens (primary N) is 1. The van der Waals surface area contributed by atoms with Crippen LogP contribution in [0.2, 0.25) is 0 Å². The number of aromatic nitrogens is 4. The van der Waals surface area contributed by atoms with Gasteiger partial charge >= 0.3 is 0 Å². The summed E-state index contributed by atoms with van der Waals surface area (Å²) in [6.45, 7) is 0.310. The van der Waals surface area contributed by atoms with Gasteiger partial charge in [0, 0.05) is 47.9 Å². The Bertz CT molecular complexity index is 924. The number of hydrogen-bond donors (Lipinski definition) is 2. The maximum atomic E-state index is 14.2. The molecular formula is C19H18F2N6. The summed E-state index contributed by atoms with van der Waals surface area (Å²) in [6.07, 6.45) is 6.00. The van der Waals surface area contributed by atoms with Crippen LogP contribution in [0.1, 0.15) is 18.5 Å². The van der Waals surface area contributed by atoms with Crippen molar-refractivity contribution < 1.29 is 8.78 Å². The number of hydrogen-bond acceptors (Lipinski definition) is 6. The molecule has 3 aromatic heterocycles. The summed E-state index contributed by atoms with van der Waals surface area (Å²) in [7, 11) is 0. The second-order valence-corrected chi connectivity index (χ2v) is 6.74. The number of nitrogen functional groups attached to an aromatic ring is 1. The van der Waals surface area contributed by atoms with Crippen molar-refractivity contribution in [3.05, 3.63) is 60.6 Å². The van der Waals surface area contributed by atoms with Gasteiger partial charge in [-0.1, -0.05) is 0 Å². The van der Waals surface area contributed by atoms with Crippen molar-refractivity contribution in [2.75, 3.05) is 17.6 Å². The minimum atomic E-state index is -0.950. The van der Waals surface area contributed by atoms with Crippen LogP contribution in [0.15, 0.2) is 49.1 Å². The van der Waals surface area contributed by atoms with Crippen LogP contribution in [0.3, 0.4) is 0 Å². The van der Waals surface area contributed by atoms with Crippen LogP contribution in [0.25, 0.3) is 11.1 Å². The normalized spacial score (nSPS) is 21.5. The van der Waals surface area contributed by atoms with Gasteiger partial charge in [-0.05, 0) is 37.1 Å². The van der Waals surface area contributed by atoms with E-state index in [2.05, 4.69) is 25.3 Å². The Kier molecular flexibility index (Phi) is 4.39. The zero-order valence-electron chi connectivity index (χ0n) is 14.4. The van der Waals surface area contributed by atoms with Crippen molar-refractivity contribution >= 4 is 11.8 Å². The van der Waals surface area contributed by atoms with Crippen molar-refractivity contribution in [3.8, 4) is 11.1 Å². The predicted octanol–water partition coefficient (Wildman–Crippen LogP) is 3.14. The molecule has 1 saturated carbocycles. The summed E-state index contributed by atoms with van der Waals surface area (Å²) < 4.78 is 27.8. The molecule has 4 rings (SSSR count). The maximum absolute atomic E-state index is 14.2. The smallest absolute Gasteiger partial charge is 0.222 e. The van der Waals surface area contributed by atoms with Crippen molar-refractivity contribution in [1.29, 1.82) is 0 Å². The third kappa shape index (κ3) is 3.42. The van der Waals surface area contributed by atoms with E-state index < -0.39 is 17.4 Å². The van der Waals surface area contributed by atoms with Crippen molar-refractivity contribution in [2.45, 2.75) is 24.4 Å². The second-order valence-electron chi connectivity index (χ2n) is 6.74. The molecule has 0 bridgehead atoms. The molecule has 3 N–H and O–H groups in total. The van der Waals surface area contributed by atoms with E-state index in [9.17, 15) is 8.78 Å². The fourth-order valence-corrected chi connectivity index (χ4v) is 3.38. The Balaban J connectivity index is 1.49. The summed E-state index contributed by atoms with van der Waals surface area (Å²) >= 11 is 0. The molecule has 6 nitrogen and oxygen atoms in total. The van der Waals surface area contributed by atoms with Gasteiger partial charge in [-0.3, -0.25) is 4.98 Å². The molecule has 0 aromatic carbocycles. The SMILES string of the molecule is Nc1ccc(-c2cnc(NCC3(c4ncccc4F)CC(F)C3)nc2)cn1. The Morgan fingerprint density at radius 1 is 1.04 bits per heavy atom. The molecule has 138 valence electrons. The van der Waals surface area contributed by atoms with Crippen molar-refractivity contribution in [2.24, 2.45) is 0 Å². The number of halogens is 2. The van der Waals surface area contributed by atoms with E-state index in [1.165, 1.54) is 18.3 Å². The molecule has 0 atom stereocenters. The first-order chi connectivity index (χ1) is 13.1. The summed E-state index contributed by atoms with van der Waals surface area (Å²) in [5.41, 5.74) is 6.83. The molecule has 0 saturated heterocycles.